The summed E-state index contributed by atoms with van der Waals surface area (Å²) in [6.07, 6.45) is -0.826. The molecular formula is C9H12FO2P. The molecule has 0 radical (unpaired) electrons. The average molecular weight is 202 g/mol. The Morgan fingerprint density at radius 1 is 1.46 bits per heavy atom. The molecule has 0 bridgehead atoms. The third-order valence-electron chi connectivity index (χ3n) is 1.82. The monoisotopic (exact) mass is 202 g/mol. The summed E-state index contributed by atoms with van der Waals surface area (Å²) in [7, 11) is -1.39. The van der Waals surface area contributed by atoms with Crippen molar-refractivity contribution in [2.75, 3.05) is 20.2 Å². The first kappa shape index (κ1) is 10.3. The van der Waals surface area contributed by atoms with Crippen LogP contribution in [0, 0.1) is 0 Å². The van der Waals surface area contributed by atoms with Crippen molar-refractivity contribution in [1.82, 2.24) is 0 Å². The molecule has 1 atom stereocenters. The van der Waals surface area contributed by atoms with Crippen molar-refractivity contribution in [3.8, 4) is 5.75 Å². The normalized spacial score (nSPS) is 15.0. The molecule has 1 rings (SSSR count). The lowest BCUT2D eigenvalue weighted by Gasteiger charge is -2.12. The van der Waals surface area contributed by atoms with Gasteiger partial charge in [-0.15, -0.1) is 0 Å². The summed E-state index contributed by atoms with van der Waals surface area (Å²) in [5.74, 6) is 0.492. The maximum absolute atomic E-state index is 12.5. The van der Waals surface area contributed by atoms with Crippen LogP contribution in [0.4, 0.5) is 4.39 Å². The fourth-order valence-corrected chi connectivity index (χ4v) is 2.25. The van der Waals surface area contributed by atoms with Crippen molar-refractivity contribution in [3.63, 3.8) is 0 Å². The molecule has 0 heterocycles. The predicted molar refractivity (Wildman–Crippen MR) is 52.1 cm³/mol. The van der Waals surface area contributed by atoms with Crippen molar-refractivity contribution >= 4 is 12.4 Å². The van der Waals surface area contributed by atoms with Gasteiger partial charge in [0.2, 0.25) is 0 Å². The topological polar surface area (TPSA) is 26.3 Å². The molecule has 0 N–H and O–H groups in total. The van der Waals surface area contributed by atoms with Gasteiger partial charge in [0, 0.05) is 0 Å². The zero-order valence-electron chi connectivity index (χ0n) is 7.66. The van der Waals surface area contributed by atoms with E-state index in [1.165, 1.54) is 13.8 Å². The van der Waals surface area contributed by atoms with Gasteiger partial charge in [0.15, 0.2) is 0 Å². The van der Waals surface area contributed by atoms with E-state index in [1.54, 1.807) is 24.3 Å². The summed E-state index contributed by atoms with van der Waals surface area (Å²) in [5, 5.41) is 0.472. The van der Waals surface area contributed by atoms with Gasteiger partial charge in [-0.25, -0.2) is 4.39 Å². The standard InChI is InChI=1S/C9H12FO2P/c1-12-8-5-3-4-6-9(8)13(2,11)7-10/h3-6H,7H2,1-2H3/t13-/m1/s1. The van der Waals surface area contributed by atoms with E-state index >= 15 is 0 Å². The summed E-state index contributed by atoms with van der Waals surface area (Å²) in [4.78, 5) is 0. The molecule has 4 heteroatoms. The fraction of sp³-hybridized carbons (Fsp3) is 0.333. The number of ether oxygens (including phenoxy) is 1. The van der Waals surface area contributed by atoms with Gasteiger partial charge in [-0.3, -0.25) is 0 Å². The molecule has 0 saturated carbocycles. The number of benzene rings is 1. The molecule has 0 saturated heterocycles. The molecule has 0 unspecified atom stereocenters. The van der Waals surface area contributed by atoms with Crippen molar-refractivity contribution in [2.45, 2.75) is 0 Å². The quantitative estimate of drug-likeness (QED) is 0.702. The minimum Gasteiger partial charge on any atom is -0.496 e. The fourth-order valence-electron chi connectivity index (χ4n) is 1.08. The summed E-state index contributed by atoms with van der Waals surface area (Å²) in [5.41, 5.74) is 0. The second-order valence-electron chi connectivity index (χ2n) is 2.89. The molecule has 0 amide bonds. The van der Waals surface area contributed by atoms with Gasteiger partial charge in [0.25, 0.3) is 0 Å². The van der Waals surface area contributed by atoms with Crippen LogP contribution < -0.4 is 10.0 Å². The van der Waals surface area contributed by atoms with Crippen LogP contribution in [-0.4, -0.2) is 20.2 Å². The Labute approximate surface area is 77.1 Å². The maximum Gasteiger partial charge on any atom is 0.146 e. The third-order valence-corrected chi connectivity index (χ3v) is 3.67. The molecule has 1 aromatic rings. The molecule has 0 fully saturated rings. The van der Waals surface area contributed by atoms with Crippen LogP contribution in [0.3, 0.4) is 0 Å². The molecule has 0 aromatic heterocycles. The highest BCUT2D eigenvalue weighted by molar-refractivity contribution is 7.70. The maximum atomic E-state index is 12.5. The van der Waals surface area contributed by atoms with Crippen LogP contribution in [0.5, 0.6) is 5.75 Å². The molecule has 1 aromatic carbocycles. The van der Waals surface area contributed by atoms with Gasteiger partial charge < -0.3 is 9.30 Å². The third kappa shape index (κ3) is 2.10. The number of rotatable bonds is 3. The van der Waals surface area contributed by atoms with Crippen LogP contribution in [0.2, 0.25) is 0 Å². The van der Waals surface area contributed by atoms with E-state index in [9.17, 15) is 8.96 Å². The highest BCUT2D eigenvalue weighted by Crippen LogP contribution is 2.42. The number of hydrogen-bond donors (Lipinski definition) is 0. The summed E-state index contributed by atoms with van der Waals surface area (Å²) < 4.78 is 29.2. The highest BCUT2D eigenvalue weighted by Gasteiger charge is 2.21. The largest absolute Gasteiger partial charge is 0.496 e. The second kappa shape index (κ2) is 3.93. The number of methoxy groups -OCH3 is 1. The lowest BCUT2D eigenvalue weighted by molar-refractivity contribution is 0.417. The van der Waals surface area contributed by atoms with Gasteiger partial charge in [0.1, 0.15) is 19.3 Å². The van der Waals surface area contributed by atoms with Crippen LogP contribution in [0.15, 0.2) is 24.3 Å². The SMILES string of the molecule is COc1ccccc1[P@](C)(=O)CF. The number of halogens is 1. The van der Waals surface area contributed by atoms with Gasteiger partial charge in [-0.05, 0) is 18.8 Å². The minimum atomic E-state index is -2.87. The van der Waals surface area contributed by atoms with Crippen molar-refractivity contribution in [3.05, 3.63) is 24.3 Å². The van der Waals surface area contributed by atoms with Crippen molar-refractivity contribution < 1.29 is 13.7 Å². The Morgan fingerprint density at radius 2 is 2.08 bits per heavy atom. The van der Waals surface area contributed by atoms with E-state index in [0.29, 0.717) is 11.1 Å². The van der Waals surface area contributed by atoms with Crippen LogP contribution >= 0.6 is 7.14 Å². The van der Waals surface area contributed by atoms with Crippen molar-refractivity contribution in [1.29, 1.82) is 0 Å². The number of hydrogen-bond acceptors (Lipinski definition) is 2. The first-order chi connectivity index (χ1) is 6.11. The van der Waals surface area contributed by atoms with E-state index in [2.05, 4.69) is 0 Å². The lowest BCUT2D eigenvalue weighted by Crippen LogP contribution is -2.08. The molecule has 0 aliphatic heterocycles. The Morgan fingerprint density at radius 3 is 2.62 bits per heavy atom. The molecule has 13 heavy (non-hydrogen) atoms. The number of para-hydroxylation sites is 1. The zero-order valence-corrected chi connectivity index (χ0v) is 8.55. The first-order valence-electron chi connectivity index (χ1n) is 3.88. The summed E-state index contributed by atoms with van der Waals surface area (Å²) >= 11 is 0. The van der Waals surface area contributed by atoms with E-state index in [1.807, 2.05) is 0 Å². The molecule has 0 aliphatic rings. The van der Waals surface area contributed by atoms with E-state index in [-0.39, 0.29) is 0 Å². The van der Waals surface area contributed by atoms with E-state index in [4.69, 9.17) is 4.74 Å². The van der Waals surface area contributed by atoms with Gasteiger partial charge >= 0.3 is 0 Å². The van der Waals surface area contributed by atoms with Gasteiger partial charge in [-0.1, -0.05) is 12.1 Å². The Kier molecular flexibility index (Phi) is 3.10. The number of alkyl halides is 1. The Bertz CT molecular complexity index is 338. The molecular weight excluding hydrogens is 190 g/mol. The van der Waals surface area contributed by atoms with Crippen LogP contribution in [0.25, 0.3) is 0 Å². The van der Waals surface area contributed by atoms with Gasteiger partial charge in [-0.2, -0.15) is 0 Å². The predicted octanol–water partition coefficient (Wildman–Crippen LogP) is 2.24. The highest BCUT2D eigenvalue weighted by atomic mass is 31.2. The first-order valence-corrected chi connectivity index (χ1v) is 6.22. The lowest BCUT2D eigenvalue weighted by atomic mass is 10.3. The zero-order chi connectivity index (χ0) is 9.90. The van der Waals surface area contributed by atoms with E-state index < -0.39 is 13.6 Å². The molecule has 2 nitrogen and oxygen atoms in total. The minimum absolute atomic E-state index is 0.472. The smallest absolute Gasteiger partial charge is 0.146 e. The molecule has 0 aliphatic carbocycles. The Balaban J connectivity index is 3.21. The summed E-state index contributed by atoms with van der Waals surface area (Å²) in [6, 6.07) is 6.81. The Hall–Kier alpha value is -0.820. The summed E-state index contributed by atoms with van der Waals surface area (Å²) in [6.45, 7) is 1.42. The average Bonchev–Trinajstić information content (AvgIpc) is 2.18. The van der Waals surface area contributed by atoms with Gasteiger partial charge in [0.05, 0.1) is 12.4 Å². The van der Waals surface area contributed by atoms with E-state index in [0.717, 1.165) is 0 Å². The molecule has 0 spiro atoms. The van der Waals surface area contributed by atoms with Crippen LogP contribution in [0.1, 0.15) is 0 Å². The van der Waals surface area contributed by atoms with Crippen LogP contribution in [-0.2, 0) is 4.57 Å². The molecule has 72 valence electrons. The van der Waals surface area contributed by atoms with Crippen molar-refractivity contribution in [2.24, 2.45) is 0 Å². The second-order valence-corrected chi connectivity index (χ2v) is 5.81.